The number of hydrogen-bond acceptors (Lipinski definition) is 4. The monoisotopic (exact) mass is 341 g/mol. The van der Waals surface area contributed by atoms with Crippen LogP contribution in [0.1, 0.15) is 58.2 Å². The molecule has 1 heterocycles. The Labute approximate surface area is 129 Å². The van der Waals surface area contributed by atoms with Gasteiger partial charge in [0.05, 0.1) is 12.1 Å². The number of hydrogen-bond donors (Lipinski definition) is 2. The van der Waals surface area contributed by atoms with Crippen LogP contribution in [-0.4, -0.2) is 27.2 Å². The minimum absolute atomic E-state index is 0.149. The lowest BCUT2D eigenvalue weighted by Gasteiger charge is -2.39. The SMILES string of the molecule is CC1CCCC(CO)(Nc2cc(Br)nc(C(C)C)n2)C1. The van der Waals surface area contributed by atoms with E-state index in [1.807, 2.05) is 6.07 Å². The topological polar surface area (TPSA) is 58.0 Å². The molecule has 4 nitrogen and oxygen atoms in total. The van der Waals surface area contributed by atoms with Crippen molar-refractivity contribution < 1.29 is 5.11 Å². The van der Waals surface area contributed by atoms with E-state index >= 15 is 0 Å². The third kappa shape index (κ3) is 3.70. The van der Waals surface area contributed by atoms with Crippen LogP contribution in [0.4, 0.5) is 5.82 Å². The van der Waals surface area contributed by atoms with Gasteiger partial charge in [-0.3, -0.25) is 0 Å². The zero-order chi connectivity index (χ0) is 14.8. The van der Waals surface area contributed by atoms with Crippen LogP contribution in [0.25, 0.3) is 0 Å². The molecule has 112 valence electrons. The number of halogens is 1. The highest BCUT2D eigenvalue weighted by atomic mass is 79.9. The van der Waals surface area contributed by atoms with E-state index < -0.39 is 0 Å². The molecule has 0 aromatic carbocycles. The van der Waals surface area contributed by atoms with Crippen LogP contribution in [0.15, 0.2) is 10.7 Å². The van der Waals surface area contributed by atoms with Crippen LogP contribution < -0.4 is 5.32 Å². The summed E-state index contributed by atoms with van der Waals surface area (Å²) in [4.78, 5) is 8.97. The fourth-order valence-electron chi connectivity index (χ4n) is 2.99. The van der Waals surface area contributed by atoms with Gasteiger partial charge in [0.25, 0.3) is 0 Å². The molecule has 1 aromatic heterocycles. The lowest BCUT2D eigenvalue weighted by molar-refractivity contribution is 0.149. The summed E-state index contributed by atoms with van der Waals surface area (Å²) in [5.74, 6) is 2.54. The van der Waals surface area contributed by atoms with E-state index in [2.05, 4.69) is 52.0 Å². The predicted octanol–water partition coefficient (Wildman–Crippen LogP) is 3.72. The summed E-state index contributed by atoms with van der Waals surface area (Å²) in [7, 11) is 0. The van der Waals surface area contributed by atoms with Crippen LogP contribution in [-0.2, 0) is 0 Å². The molecule has 0 bridgehead atoms. The molecule has 0 radical (unpaired) electrons. The summed E-state index contributed by atoms with van der Waals surface area (Å²) >= 11 is 3.44. The quantitative estimate of drug-likeness (QED) is 0.819. The average molecular weight is 342 g/mol. The Bertz CT molecular complexity index is 466. The molecule has 1 aliphatic carbocycles. The molecule has 2 N–H and O–H groups in total. The fraction of sp³-hybridized carbons (Fsp3) is 0.733. The van der Waals surface area contributed by atoms with Crippen LogP contribution in [0.5, 0.6) is 0 Å². The highest BCUT2D eigenvalue weighted by molar-refractivity contribution is 9.10. The third-order valence-electron chi connectivity index (χ3n) is 4.02. The van der Waals surface area contributed by atoms with Gasteiger partial charge in [0.15, 0.2) is 0 Å². The second-order valence-electron chi connectivity index (χ2n) is 6.35. The van der Waals surface area contributed by atoms with Gasteiger partial charge in [0, 0.05) is 12.0 Å². The van der Waals surface area contributed by atoms with Gasteiger partial charge in [-0.15, -0.1) is 0 Å². The average Bonchev–Trinajstić information content (AvgIpc) is 2.38. The molecule has 1 saturated carbocycles. The minimum atomic E-state index is -0.236. The summed E-state index contributed by atoms with van der Waals surface area (Å²) in [5.41, 5.74) is -0.236. The zero-order valence-electron chi connectivity index (χ0n) is 12.5. The van der Waals surface area contributed by atoms with Gasteiger partial charge in [0.1, 0.15) is 16.2 Å². The van der Waals surface area contributed by atoms with E-state index in [0.29, 0.717) is 5.92 Å². The van der Waals surface area contributed by atoms with E-state index in [4.69, 9.17) is 0 Å². The predicted molar refractivity (Wildman–Crippen MR) is 84.9 cm³/mol. The first kappa shape index (κ1) is 15.7. The fourth-order valence-corrected chi connectivity index (χ4v) is 3.38. The normalized spacial score (nSPS) is 26.8. The Balaban J connectivity index is 2.23. The van der Waals surface area contributed by atoms with Gasteiger partial charge in [-0.1, -0.05) is 33.6 Å². The highest BCUT2D eigenvalue weighted by Gasteiger charge is 2.34. The summed E-state index contributed by atoms with van der Waals surface area (Å²) < 4.78 is 0.788. The largest absolute Gasteiger partial charge is 0.394 e. The molecule has 0 saturated heterocycles. The molecule has 1 fully saturated rings. The Kier molecular flexibility index (Phi) is 5.02. The lowest BCUT2D eigenvalue weighted by atomic mass is 9.77. The number of nitrogens with zero attached hydrogens (tertiary/aromatic N) is 2. The molecule has 2 atom stereocenters. The van der Waals surface area contributed by atoms with E-state index in [0.717, 1.165) is 35.5 Å². The molecule has 2 unspecified atom stereocenters. The van der Waals surface area contributed by atoms with Crippen LogP contribution in [0.2, 0.25) is 0 Å². The smallest absolute Gasteiger partial charge is 0.134 e. The molecule has 1 aliphatic rings. The third-order valence-corrected chi connectivity index (χ3v) is 4.42. The van der Waals surface area contributed by atoms with Gasteiger partial charge in [0.2, 0.25) is 0 Å². The number of aliphatic hydroxyl groups excluding tert-OH is 1. The van der Waals surface area contributed by atoms with E-state index in [1.54, 1.807) is 0 Å². The van der Waals surface area contributed by atoms with Crippen LogP contribution in [0.3, 0.4) is 0 Å². The molecule has 20 heavy (non-hydrogen) atoms. The maximum Gasteiger partial charge on any atom is 0.134 e. The highest BCUT2D eigenvalue weighted by Crippen LogP contribution is 2.34. The van der Waals surface area contributed by atoms with Crippen molar-refractivity contribution in [1.29, 1.82) is 0 Å². The standard InChI is InChI=1S/C15H24BrN3O/c1-10(2)14-17-12(16)7-13(18-14)19-15(9-20)6-4-5-11(3)8-15/h7,10-11,20H,4-6,8-9H2,1-3H3,(H,17,18,19). The van der Waals surface area contributed by atoms with E-state index in [1.165, 1.54) is 6.42 Å². The Morgan fingerprint density at radius 2 is 2.25 bits per heavy atom. The lowest BCUT2D eigenvalue weighted by Crippen LogP contribution is -2.46. The number of anilines is 1. The Morgan fingerprint density at radius 1 is 1.50 bits per heavy atom. The first-order chi connectivity index (χ1) is 9.44. The van der Waals surface area contributed by atoms with Gasteiger partial charge < -0.3 is 10.4 Å². The minimum Gasteiger partial charge on any atom is -0.394 e. The zero-order valence-corrected chi connectivity index (χ0v) is 14.1. The molecule has 0 aliphatic heterocycles. The number of nitrogens with one attached hydrogen (secondary N) is 1. The summed E-state index contributed by atoms with van der Waals surface area (Å²) in [6, 6.07) is 1.89. The van der Waals surface area contributed by atoms with Gasteiger partial charge in [-0.2, -0.15) is 0 Å². The molecule has 2 rings (SSSR count). The summed E-state index contributed by atoms with van der Waals surface area (Å²) in [6.45, 7) is 6.56. The van der Waals surface area contributed by atoms with Crippen molar-refractivity contribution in [1.82, 2.24) is 9.97 Å². The van der Waals surface area contributed by atoms with E-state index in [9.17, 15) is 5.11 Å². The Morgan fingerprint density at radius 3 is 2.85 bits per heavy atom. The molecular formula is C15H24BrN3O. The van der Waals surface area contributed by atoms with Crippen molar-refractivity contribution in [3.05, 3.63) is 16.5 Å². The number of aliphatic hydroxyl groups is 1. The summed E-state index contributed by atoms with van der Waals surface area (Å²) in [5, 5.41) is 13.3. The summed E-state index contributed by atoms with van der Waals surface area (Å²) in [6.07, 6.45) is 4.38. The van der Waals surface area contributed by atoms with Crippen LogP contribution >= 0.6 is 15.9 Å². The van der Waals surface area contributed by atoms with Crippen molar-refractivity contribution in [2.45, 2.75) is 57.9 Å². The van der Waals surface area contributed by atoms with Crippen molar-refractivity contribution in [2.75, 3.05) is 11.9 Å². The van der Waals surface area contributed by atoms with Crippen molar-refractivity contribution in [3.63, 3.8) is 0 Å². The first-order valence-electron chi connectivity index (χ1n) is 7.37. The van der Waals surface area contributed by atoms with E-state index in [-0.39, 0.29) is 18.1 Å². The van der Waals surface area contributed by atoms with Gasteiger partial charge in [-0.25, -0.2) is 9.97 Å². The molecule has 0 amide bonds. The first-order valence-corrected chi connectivity index (χ1v) is 8.17. The molecule has 0 spiro atoms. The number of aromatic nitrogens is 2. The maximum absolute atomic E-state index is 9.85. The van der Waals surface area contributed by atoms with Crippen molar-refractivity contribution >= 4 is 21.7 Å². The van der Waals surface area contributed by atoms with Crippen molar-refractivity contribution in [3.8, 4) is 0 Å². The molecular weight excluding hydrogens is 318 g/mol. The van der Waals surface area contributed by atoms with Crippen molar-refractivity contribution in [2.24, 2.45) is 5.92 Å². The van der Waals surface area contributed by atoms with Crippen LogP contribution in [0, 0.1) is 5.92 Å². The number of rotatable bonds is 4. The molecule has 1 aromatic rings. The van der Waals surface area contributed by atoms with Gasteiger partial charge >= 0.3 is 0 Å². The maximum atomic E-state index is 9.85. The molecule has 5 heteroatoms. The second kappa shape index (κ2) is 6.39. The Hall–Kier alpha value is -0.680. The second-order valence-corrected chi connectivity index (χ2v) is 7.17. The van der Waals surface area contributed by atoms with Gasteiger partial charge in [-0.05, 0) is 34.7 Å².